The molecule has 6 rings (SSSR count). The minimum absolute atomic E-state index is 0.939. The average Bonchev–Trinajstić information content (AvgIpc) is 3.50. The summed E-state index contributed by atoms with van der Waals surface area (Å²) in [6.07, 6.45) is 8.82. The zero-order valence-electron chi connectivity index (χ0n) is 16.0. The van der Waals surface area contributed by atoms with Crippen molar-refractivity contribution in [2.75, 3.05) is 19.6 Å². The van der Waals surface area contributed by atoms with Crippen molar-refractivity contribution in [3.05, 3.63) is 53.5 Å². The van der Waals surface area contributed by atoms with Crippen LogP contribution in [0.2, 0.25) is 0 Å². The van der Waals surface area contributed by atoms with E-state index in [0.717, 1.165) is 42.8 Å². The molecule has 4 aromatic rings. The fraction of sp³-hybridized carbons (Fsp3) is 0.391. The number of hydrogen-bond donors (Lipinski definition) is 0. The van der Waals surface area contributed by atoms with Crippen LogP contribution in [-0.2, 0) is 19.3 Å². The third kappa shape index (κ3) is 2.65. The van der Waals surface area contributed by atoms with Gasteiger partial charge in [0.2, 0.25) is 0 Å². The number of aryl methyl sites for hydroxylation is 1. The predicted octanol–water partition coefficient (Wildman–Crippen LogP) is 4.27. The Hall–Kier alpha value is -2.66. The quantitative estimate of drug-likeness (QED) is 0.537. The molecule has 0 N–H and O–H groups in total. The van der Waals surface area contributed by atoms with E-state index < -0.39 is 0 Å². The molecule has 1 aliphatic heterocycles. The number of benzene rings is 1. The molecule has 1 aromatic carbocycles. The number of aromatic nitrogens is 3. The molecule has 5 nitrogen and oxygen atoms in total. The zero-order valence-corrected chi connectivity index (χ0v) is 16.0. The first-order chi connectivity index (χ1) is 13.8. The summed E-state index contributed by atoms with van der Waals surface area (Å²) < 4.78 is 8.12. The number of rotatable bonds is 4. The largest absolute Gasteiger partial charge is 0.461 e. The van der Waals surface area contributed by atoms with E-state index in [-0.39, 0.29) is 0 Å². The molecule has 0 unspecified atom stereocenters. The van der Waals surface area contributed by atoms with Crippen molar-refractivity contribution in [1.82, 2.24) is 19.5 Å². The lowest BCUT2D eigenvalue weighted by molar-refractivity contribution is 0.333. The molecule has 0 amide bonds. The molecule has 2 aliphatic rings. The van der Waals surface area contributed by atoms with E-state index in [1.807, 2.05) is 16.8 Å². The molecule has 0 radical (unpaired) electrons. The summed E-state index contributed by atoms with van der Waals surface area (Å²) in [5, 5.41) is 5.74. The standard InChI is InChI=1S/C23H24N4O/c1-2-12-26(11-1)13-9-18-15-17-14-16(6-7-21(17)28-18)23-19-4-3-5-20(19)25-22-8-10-24-27(22)23/h6-8,10,14-15H,1-5,9,11-13H2. The van der Waals surface area contributed by atoms with Gasteiger partial charge in [0.05, 0.1) is 11.9 Å². The Morgan fingerprint density at radius 1 is 1.00 bits per heavy atom. The summed E-state index contributed by atoms with van der Waals surface area (Å²) in [4.78, 5) is 7.34. The minimum Gasteiger partial charge on any atom is -0.461 e. The highest BCUT2D eigenvalue weighted by Crippen LogP contribution is 2.34. The summed E-state index contributed by atoms with van der Waals surface area (Å²) >= 11 is 0. The molecule has 142 valence electrons. The van der Waals surface area contributed by atoms with Gasteiger partial charge in [0.1, 0.15) is 11.3 Å². The molecule has 0 saturated carbocycles. The molecular formula is C23H24N4O. The van der Waals surface area contributed by atoms with Crippen molar-refractivity contribution in [1.29, 1.82) is 0 Å². The van der Waals surface area contributed by atoms with Gasteiger partial charge in [-0.1, -0.05) is 0 Å². The summed E-state index contributed by atoms with van der Waals surface area (Å²) in [5.41, 5.74) is 6.91. The minimum atomic E-state index is 0.939. The van der Waals surface area contributed by atoms with E-state index >= 15 is 0 Å². The van der Waals surface area contributed by atoms with Gasteiger partial charge in [-0.25, -0.2) is 9.50 Å². The first-order valence-electron chi connectivity index (χ1n) is 10.5. The van der Waals surface area contributed by atoms with E-state index in [4.69, 9.17) is 9.40 Å². The summed E-state index contributed by atoms with van der Waals surface area (Å²) in [6, 6.07) is 10.8. The van der Waals surface area contributed by atoms with Crippen LogP contribution in [0.3, 0.4) is 0 Å². The van der Waals surface area contributed by atoms with Crippen molar-refractivity contribution < 1.29 is 4.42 Å². The molecule has 5 heteroatoms. The molecule has 1 saturated heterocycles. The molecule has 28 heavy (non-hydrogen) atoms. The van der Waals surface area contributed by atoms with Crippen molar-refractivity contribution in [2.24, 2.45) is 0 Å². The third-order valence-corrected chi connectivity index (χ3v) is 6.27. The Balaban J connectivity index is 1.39. The number of nitrogens with zero attached hydrogens (tertiary/aromatic N) is 4. The van der Waals surface area contributed by atoms with Crippen molar-refractivity contribution in [2.45, 2.75) is 38.5 Å². The second-order valence-corrected chi connectivity index (χ2v) is 8.10. The van der Waals surface area contributed by atoms with Gasteiger partial charge in [-0.3, -0.25) is 0 Å². The highest BCUT2D eigenvalue weighted by atomic mass is 16.3. The van der Waals surface area contributed by atoms with Crippen LogP contribution < -0.4 is 0 Å². The van der Waals surface area contributed by atoms with E-state index in [0.29, 0.717) is 0 Å². The number of hydrogen-bond acceptors (Lipinski definition) is 4. The van der Waals surface area contributed by atoms with Gasteiger partial charge in [0, 0.05) is 41.2 Å². The maximum absolute atomic E-state index is 6.12. The normalized spacial score (nSPS) is 17.1. The van der Waals surface area contributed by atoms with Gasteiger partial charge in [-0.05, 0) is 69.5 Å². The van der Waals surface area contributed by atoms with Gasteiger partial charge in [-0.15, -0.1) is 0 Å². The monoisotopic (exact) mass is 372 g/mol. The first-order valence-corrected chi connectivity index (χ1v) is 10.5. The predicted molar refractivity (Wildman–Crippen MR) is 110 cm³/mol. The van der Waals surface area contributed by atoms with Crippen LogP contribution in [0.15, 0.2) is 40.9 Å². The van der Waals surface area contributed by atoms with E-state index in [2.05, 4.69) is 34.3 Å². The fourth-order valence-corrected chi connectivity index (χ4v) is 4.87. The third-order valence-electron chi connectivity index (χ3n) is 6.27. The molecule has 0 atom stereocenters. The maximum atomic E-state index is 6.12. The van der Waals surface area contributed by atoms with Crippen LogP contribution in [0.25, 0.3) is 27.9 Å². The first kappa shape index (κ1) is 16.3. The van der Waals surface area contributed by atoms with Crippen LogP contribution in [0.4, 0.5) is 0 Å². The Morgan fingerprint density at radius 2 is 1.93 bits per heavy atom. The van der Waals surface area contributed by atoms with Crippen molar-refractivity contribution >= 4 is 16.6 Å². The Kier molecular flexibility index (Phi) is 3.76. The summed E-state index contributed by atoms with van der Waals surface area (Å²) in [6.45, 7) is 3.56. The highest BCUT2D eigenvalue weighted by Gasteiger charge is 2.22. The van der Waals surface area contributed by atoms with Gasteiger partial charge in [0.25, 0.3) is 0 Å². The van der Waals surface area contributed by atoms with Gasteiger partial charge in [0.15, 0.2) is 5.65 Å². The molecule has 0 spiro atoms. The Morgan fingerprint density at radius 3 is 2.86 bits per heavy atom. The molecule has 1 aliphatic carbocycles. The second kappa shape index (κ2) is 6.45. The molecule has 1 fully saturated rings. The number of furan rings is 1. The molecular weight excluding hydrogens is 348 g/mol. The van der Waals surface area contributed by atoms with Crippen LogP contribution >= 0.6 is 0 Å². The number of fused-ring (bicyclic) bond motifs is 3. The van der Waals surface area contributed by atoms with E-state index in [1.165, 1.54) is 60.3 Å². The topological polar surface area (TPSA) is 46.6 Å². The van der Waals surface area contributed by atoms with Crippen molar-refractivity contribution in [3.63, 3.8) is 0 Å². The lowest BCUT2D eigenvalue weighted by Crippen LogP contribution is -2.21. The maximum Gasteiger partial charge on any atom is 0.155 e. The van der Waals surface area contributed by atoms with Crippen LogP contribution in [-0.4, -0.2) is 39.1 Å². The van der Waals surface area contributed by atoms with Gasteiger partial charge < -0.3 is 9.32 Å². The molecule has 3 aromatic heterocycles. The van der Waals surface area contributed by atoms with Crippen LogP contribution in [0.1, 0.15) is 36.3 Å². The van der Waals surface area contributed by atoms with E-state index in [1.54, 1.807) is 0 Å². The molecule has 4 heterocycles. The summed E-state index contributed by atoms with van der Waals surface area (Å²) in [5.74, 6) is 1.09. The highest BCUT2D eigenvalue weighted by molar-refractivity contribution is 5.84. The van der Waals surface area contributed by atoms with E-state index in [9.17, 15) is 0 Å². The molecule has 0 bridgehead atoms. The summed E-state index contributed by atoms with van der Waals surface area (Å²) in [7, 11) is 0. The number of likely N-dealkylation sites (tertiary alicyclic amines) is 1. The lowest BCUT2D eigenvalue weighted by Gasteiger charge is -2.12. The zero-order chi connectivity index (χ0) is 18.5. The smallest absolute Gasteiger partial charge is 0.155 e. The SMILES string of the molecule is c1cc2nc3c(c(-c4ccc5oc(CCN6CCCC6)cc5c4)n2n1)CCC3. The van der Waals surface area contributed by atoms with Gasteiger partial charge >= 0.3 is 0 Å². The average molecular weight is 372 g/mol. The Labute approximate surface area is 164 Å². The Bertz CT molecular complexity index is 1170. The second-order valence-electron chi connectivity index (χ2n) is 8.10. The lowest BCUT2D eigenvalue weighted by atomic mass is 10.0. The fourth-order valence-electron chi connectivity index (χ4n) is 4.87. The van der Waals surface area contributed by atoms with Crippen LogP contribution in [0, 0.1) is 0 Å². The van der Waals surface area contributed by atoms with Crippen LogP contribution in [0.5, 0.6) is 0 Å². The van der Waals surface area contributed by atoms with Crippen molar-refractivity contribution in [3.8, 4) is 11.3 Å². The van der Waals surface area contributed by atoms with Gasteiger partial charge in [-0.2, -0.15) is 5.10 Å².